The van der Waals surface area contributed by atoms with Crippen LogP contribution in [0.2, 0.25) is 0 Å². The lowest BCUT2D eigenvalue weighted by molar-refractivity contribution is 0.218. The number of nitrogens with two attached hydrogens (primary N) is 1. The molecular formula is C13H20BrNOS. The Kier molecular flexibility index (Phi) is 7.19. The molecule has 1 rings (SSSR count). The zero-order chi connectivity index (χ0) is 12.7. The highest BCUT2D eigenvalue weighted by molar-refractivity contribution is 9.10. The third-order valence-corrected chi connectivity index (χ3v) is 4.15. The number of methoxy groups -OCH3 is 1. The lowest BCUT2D eigenvalue weighted by Gasteiger charge is -2.13. The second-order valence-electron chi connectivity index (χ2n) is 3.97. The van der Waals surface area contributed by atoms with Crippen LogP contribution >= 0.6 is 27.7 Å². The van der Waals surface area contributed by atoms with E-state index in [2.05, 4.69) is 41.1 Å². The highest BCUT2D eigenvalue weighted by Gasteiger charge is 2.08. The normalized spacial score (nSPS) is 12.7. The van der Waals surface area contributed by atoms with E-state index in [1.807, 2.05) is 11.8 Å². The first-order valence-corrected chi connectivity index (χ1v) is 7.61. The number of hydrogen-bond acceptors (Lipinski definition) is 3. The van der Waals surface area contributed by atoms with E-state index >= 15 is 0 Å². The molecule has 1 unspecified atom stereocenters. The van der Waals surface area contributed by atoms with Gasteiger partial charge in [0, 0.05) is 28.3 Å². The molecule has 0 aromatic heterocycles. The molecule has 0 bridgehead atoms. The van der Waals surface area contributed by atoms with Gasteiger partial charge in [0.2, 0.25) is 0 Å². The van der Waals surface area contributed by atoms with Crippen molar-refractivity contribution in [1.29, 1.82) is 0 Å². The van der Waals surface area contributed by atoms with Crippen molar-refractivity contribution in [1.82, 2.24) is 0 Å². The Morgan fingerprint density at radius 1 is 1.47 bits per heavy atom. The molecule has 1 atom stereocenters. The maximum absolute atomic E-state index is 6.03. The smallest absolute Gasteiger partial charge is 0.0556 e. The molecule has 96 valence electrons. The fourth-order valence-corrected chi connectivity index (χ4v) is 2.88. The van der Waals surface area contributed by atoms with Crippen LogP contribution in [0.25, 0.3) is 0 Å². The third kappa shape index (κ3) is 5.42. The first kappa shape index (κ1) is 15.0. The van der Waals surface area contributed by atoms with Gasteiger partial charge in [0.1, 0.15) is 0 Å². The van der Waals surface area contributed by atoms with Gasteiger partial charge >= 0.3 is 0 Å². The summed E-state index contributed by atoms with van der Waals surface area (Å²) < 4.78 is 6.19. The van der Waals surface area contributed by atoms with Crippen LogP contribution in [0, 0.1) is 0 Å². The topological polar surface area (TPSA) is 35.2 Å². The molecule has 0 amide bonds. The number of hydrogen-bond donors (Lipinski definition) is 1. The Hall–Kier alpha value is -0.0300. The molecule has 17 heavy (non-hydrogen) atoms. The van der Waals surface area contributed by atoms with Gasteiger partial charge in [-0.1, -0.05) is 22.9 Å². The quantitative estimate of drug-likeness (QED) is 0.618. The van der Waals surface area contributed by atoms with Gasteiger partial charge in [0.25, 0.3) is 0 Å². The molecule has 1 aromatic rings. The van der Waals surface area contributed by atoms with Crippen molar-refractivity contribution in [2.24, 2.45) is 5.73 Å². The van der Waals surface area contributed by atoms with Crippen LogP contribution in [0.3, 0.4) is 0 Å². The Labute approximate surface area is 116 Å². The Morgan fingerprint density at radius 2 is 2.24 bits per heavy atom. The molecular weight excluding hydrogens is 298 g/mol. The van der Waals surface area contributed by atoms with Gasteiger partial charge in [0.05, 0.1) is 6.61 Å². The lowest BCUT2D eigenvalue weighted by atomic mass is 10.1. The Bertz CT molecular complexity index is 346. The minimum atomic E-state index is 0.242. The standard InChI is InChI=1S/C13H20BrNOS/c1-3-12(15)9-10-8-11(14)4-5-13(10)17-7-6-16-2/h4-5,8,12H,3,6-7,9,15H2,1-2H3. The molecule has 0 fully saturated rings. The van der Waals surface area contributed by atoms with E-state index in [0.717, 1.165) is 29.7 Å². The van der Waals surface area contributed by atoms with Gasteiger partial charge < -0.3 is 10.5 Å². The van der Waals surface area contributed by atoms with Crippen molar-refractivity contribution in [2.75, 3.05) is 19.5 Å². The monoisotopic (exact) mass is 317 g/mol. The van der Waals surface area contributed by atoms with E-state index in [4.69, 9.17) is 10.5 Å². The van der Waals surface area contributed by atoms with Gasteiger partial charge in [-0.25, -0.2) is 0 Å². The maximum atomic E-state index is 6.03. The van der Waals surface area contributed by atoms with E-state index in [1.54, 1.807) is 7.11 Å². The number of rotatable bonds is 7. The van der Waals surface area contributed by atoms with Crippen LogP contribution in [0.5, 0.6) is 0 Å². The first-order chi connectivity index (χ1) is 8.17. The highest BCUT2D eigenvalue weighted by Crippen LogP contribution is 2.27. The van der Waals surface area contributed by atoms with E-state index in [9.17, 15) is 0 Å². The minimum Gasteiger partial charge on any atom is -0.384 e. The lowest BCUT2D eigenvalue weighted by Crippen LogP contribution is -2.21. The van der Waals surface area contributed by atoms with Crippen LogP contribution in [-0.4, -0.2) is 25.5 Å². The van der Waals surface area contributed by atoms with Gasteiger partial charge in [-0.15, -0.1) is 11.8 Å². The third-order valence-electron chi connectivity index (χ3n) is 2.57. The zero-order valence-corrected chi connectivity index (χ0v) is 12.8. The molecule has 1 aromatic carbocycles. The molecule has 0 aliphatic rings. The van der Waals surface area contributed by atoms with Crippen molar-refractivity contribution in [3.05, 3.63) is 28.2 Å². The summed E-state index contributed by atoms with van der Waals surface area (Å²) in [5, 5.41) is 0. The average Bonchev–Trinajstić information content (AvgIpc) is 2.32. The van der Waals surface area contributed by atoms with Crippen molar-refractivity contribution < 1.29 is 4.74 Å². The van der Waals surface area contributed by atoms with Crippen molar-refractivity contribution in [3.63, 3.8) is 0 Å². The summed E-state index contributed by atoms with van der Waals surface area (Å²) in [6, 6.07) is 6.65. The molecule has 0 heterocycles. The maximum Gasteiger partial charge on any atom is 0.0556 e. The van der Waals surface area contributed by atoms with E-state index in [0.29, 0.717) is 0 Å². The van der Waals surface area contributed by atoms with Gasteiger partial charge in [-0.2, -0.15) is 0 Å². The number of benzene rings is 1. The van der Waals surface area contributed by atoms with Crippen molar-refractivity contribution in [2.45, 2.75) is 30.7 Å². The number of thioether (sulfide) groups is 1. The molecule has 0 spiro atoms. The molecule has 4 heteroatoms. The largest absolute Gasteiger partial charge is 0.384 e. The van der Waals surface area contributed by atoms with Crippen molar-refractivity contribution >= 4 is 27.7 Å². The minimum absolute atomic E-state index is 0.242. The van der Waals surface area contributed by atoms with Crippen LogP contribution < -0.4 is 5.73 Å². The molecule has 0 saturated carbocycles. The average molecular weight is 318 g/mol. The summed E-state index contributed by atoms with van der Waals surface area (Å²) in [5.74, 6) is 0.979. The van der Waals surface area contributed by atoms with Crippen LogP contribution in [0.4, 0.5) is 0 Å². The predicted molar refractivity (Wildman–Crippen MR) is 78.7 cm³/mol. The van der Waals surface area contributed by atoms with Crippen LogP contribution in [-0.2, 0) is 11.2 Å². The highest BCUT2D eigenvalue weighted by atomic mass is 79.9. The predicted octanol–water partition coefficient (Wildman–Crippen LogP) is 3.47. The second-order valence-corrected chi connectivity index (χ2v) is 6.02. The molecule has 0 aliphatic carbocycles. The zero-order valence-electron chi connectivity index (χ0n) is 10.4. The fraction of sp³-hybridized carbons (Fsp3) is 0.538. The molecule has 2 N–H and O–H groups in total. The van der Waals surface area contributed by atoms with E-state index in [1.165, 1.54) is 10.5 Å². The van der Waals surface area contributed by atoms with Gasteiger partial charge in [-0.05, 0) is 36.6 Å². The summed E-state index contributed by atoms with van der Waals surface area (Å²) >= 11 is 5.35. The SMILES string of the molecule is CCC(N)Cc1cc(Br)ccc1SCCOC. The number of ether oxygens (including phenoxy) is 1. The van der Waals surface area contributed by atoms with Crippen LogP contribution in [0.1, 0.15) is 18.9 Å². The Morgan fingerprint density at radius 3 is 2.88 bits per heavy atom. The summed E-state index contributed by atoms with van der Waals surface area (Å²) in [5.41, 5.74) is 7.36. The van der Waals surface area contributed by atoms with Gasteiger partial charge in [0.15, 0.2) is 0 Å². The van der Waals surface area contributed by atoms with Gasteiger partial charge in [-0.3, -0.25) is 0 Å². The first-order valence-electron chi connectivity index (χ1n) is 5.83. The van der Waals surface area contributed by atoms with Crippen LogP contribution in [0.15, 0.2) is 27.6 Å². The van der Waals surface area contributed by atoms with Crippen molar-refractivity contribution in [3.8, 4) is 0 Å². The second kappa shape index (κ2) is 8.14. The summed E-state index contributed by atoms with van der Waals surface area (Å²) in [7, 11) is 1.73. The Balaban J connectivity index is 2.72. The summed E-state index contributed by atoms with van der Waals surface area (Å²) in [4.78, 5) is 1.31. The molecule has 2 nitrogen and oxygen atoms in total. The number of halogens is 1. The molecule has 0 aliphatic heterocycles. The summed E-state index contributed by atoms with van der Waals surface area (Å²) in [6.45, 7) is 2.90. The van der Waals surface area contributed by atoms with E-state index in [-0.39, 0.29) is 6.04 Å². The van der Waals surface area contributed by atoms with E-state index < -0.39 is 0 Å². The summed E-state index contributed by atoms with van der Waals surface area (Å²) in [6.07, 6.45) is 1.94. The molecule has 0 saturated heterocycles. The molecule has 0 radical (unpaired) electrons. The fourth-order valence-electron chi connectivity index (χ4n) is 1.51.